The largest absolute Gasteiger partial charge is 0.392 e. The maximum absolute atomic E-state index is 9.56. The van der Waals surface area contributed by atoms with Gasteiger partial charge in [0, 0.05) is 6.04 Å². The molecule has 13 heavy (non-hydrogen) atoms. The molecular formula is C11H21NO. The lowest BCUT2D eigenvalue weighted by atomic mass is 9.83. The molecule has 0 aromatic heterocycles. The third-order valence-electron chi connectivity index (χ3n) is 3.66. The van der Waals surface area contributed by atoms with Crippen LogP contribution >= 0.6 is 0 Å². The molecule has 0 heterocycles. The maximum Gasteiger partial charge on any atom is 0.0693 e. The van der Waals surface area contributed by atoms with Gasteiger partial charge in [-0.1, -0.05) is 19.3 Å². The first-order valence-corrected chi connectivity index (χ1v) is 5.78. The van der Waals surface area contributed by atoms with Crippen molar-refractivity contribution < 1.29 is 5.11 Å². The van der Waals surface area contributed by atoms with E-state index in [1.165, 1.54) is 38.5 Å². The van der Waals surface area contributed by atoms with Gasteiger partial charge in [-0.15, -0.1) is 0 Å². The third-order valence-corrected chi connectivity index (χ3v) is 3.66. The second-order valence-electron chi connectivity index (χ2n) is 4.64. The Hall–Kier alpha value is -0.0800. The number of nitrogens with one attached hydrogen (secondary N) is 1. The molecule has 2 unspecified atom stereocenters. The van der Waals surface area contributed by atoms with Crippen LogP contribution in [-0.2, 0) is 0 Å². The molecule has 2 fully saturated rings. The van der Waals surface area contributed by atoms with E-state index in [1.807, 2.05) is 0 Å². The van der Waals surface area contributed by atoms with Crippen LogP contribution in [0.2, 0.25) is 0 Å². The average Bonchev–Trinajstić information content (AvgIpc) is 2.42. The van der Waals surface area contributed by atoms with Gasteiger partial charge in [0.15, 0.2) is 0 Å². The monoisotopic (exact) mass is 183 g/mol. The Bertz CT molecular complexity index is 156. The zero-order valence-corrected chi connectivity index (χ0v) is 8.34. The Kier molecular flexibility index (Phi) is 3.23. The van der Waals surface area contributed by atoms with E-state index < -0.39 is 0 Å². The fourth-order valence-corrected chi connectivity index (χ4v) is 2.43. The fourth-order valence-electron chi connectivity index (χ4n) is 2.43. The van der Waals surface area contributed by atoms with Crippen molar-refractivity contribution in [1.82, 2.24) is 5.32 Å². The lowest BCUT2D eigenvalue weighted by Gasteiger charge is -2.26. The summed E-state index contributed by atoms with van der Waals surface area (Å²) < 4.78 is 0. The Balaban J connectivity index is 1.56. The van der Waals surface area contributed by atoms with Crippen molar-refractivity contribution in [2.24, 2.45) is 5.92 Å². The number of rotatable bonds is 4. The van der Waals surface area contributed by atoms with Crippen LogP contribution in [0.3, 0.4) is 0 Å². The summed E-state index contributed by atoms with van der Waals surface area (Å²) in [7, 11) is 0. The van der Waals surface area contributed by atoms with Crippen LogP contribution in [0.25, 0.3) is 0 Å². The van der Waals surface area contributed by atoms with Crippen molar-refractivity contribution in [3.05, 3.63) is 0 Å². The first-order chi connectivity index (χ1) is 6.36. The molecule has 76 valence electrons. The molecule has 0 aromatic carbocycles. The second-order valence-corrected chi connectivity index (χ2v) is 4.64. The molecule has 2 aliphatic rings. The molecule has 0 aliphatic heterocycles. The van der Waals surface area contributed by atoms with Crippen molar-refractivity contribution in [2.75, 3.05) is 6.54 Å². The summed E-state index contributed by atoms with van der Waals surface area (Å²) in [6, 6.07) is 0.403. The third kappa shape index (κ3) is 2.44. The molecule has 2 nitrogen and oxygen atoms in total. The van der Waals surface area contributed by atoms with E-state index >= 15 is 0 Å². The summed E-state index contributed by atoms with van der Waals surface area (Å²) in [6.07, 6.45) is 8.94. The molecule has 2 rings (SSSR count). The van der Waals surface area contributed by atoms with Crippen LogP contribution in [0.5, 0.6) is 0 Å². The summed E-state index contributed by atoms with van der Waals surface area (Å²) in [4.78, 5) is 0. The van der Waals surface area contributed by atoms with E-state index in [-0.39, 0.29) is 6.10 Å². The lowest BCUT2D eigenvalue weighted by molar-refractivity contribution is 0.147. The second kappa shape index (κ2) is 4.43. The van der Waals surface area contributed by atoms with Gasteiger partial charge < -0.3 is 10.4 Å². The van der Waals surface area contributed by atoms with Crippen LogP contribution in [0.4, 0.5) is 0 Å². The first kappa shape index (κ1) is 9.47. The number of aliphatic hydroxyl groups excluding tert-OH is 1. The predicted molar refractivity (Wildman–Crippen MR) is 53.6 cm³/mol. The lowest BCUT2D eigenvalue weighted by Crippen LogP contribution is -2.37. The molecule has 2 atom stereocenters. The summed E-state index contributed by atoms with van der Waals surface area (Å²) in [5.74, 6) is 0.992. The van der Waals surface area contributed by atoms with E-state index in [4.69, 9.17) is 0 Å². The molecule has 0 saturated heterocycles. The number of hydrogen-bond donors (Lipinski definition) is 2. The van der Waals surface area contributed by atoms with Gasteiger partial charge in [-0.3, -0.25) is 0 Å². The number of aliphatic hydroxyl groups is 1. The average molecular weight is 183 g/mol. The Morgan fingerprint density at radius 3 is 2.38 bits per heavy atom. The summed E-state index contributed by atoms with van der Waals surface area (Å²) in [5.41, 5.74) is 0. The summed E-state index contributed by atoms with van der Waals surface area (Å²) in [5, 5.41) is 13.0. The highest BCUT2D eigenvalue weighted by Gasteiger charge is 2.25. The quantitative estimate of drug-likeness (QED) is 0.695. The molecule has 0 spiro atoms. The molecule has 0 radical (unpaired) electrons. The normalized spacial score (nSPS) is 34.8. The summed E-state index contributed by atoms with van der Waals surface area (Å²) >= 11 is 0. The Labute approximate surface area is 80.7 Å². The fraction of sp³-hybridized carbons (Fsp3) is 1.00. The minimum absolute atomic E-state index is 0.0682. The highest BCUT2D eigenvalue weighted by atomic mass is 16.3. The van der Waals surface area contributed by atoms with E-state index in [0.717, 1.165) is 18.9 Å². The molecule has 2 N–H and O–H groups in total. The van der Waals surface area contributed by atoms with Gasteiger partial charge >= 0.3 is 0 Å². The van der Waals surface area contributed by atoms with Crippen LogP contribution in [0.15, 0.2) is 0 Å². The standard InChI is InChI=1S/C11H21NO/c13-11-6-2-5-10(11)12-8-7-9-3-1-4-9/h9-13H,1-8H2. The molecular weight excluding hydrogens is 162 g/mol. The van der Waals surface area contributed by atoms with Crippen LogP contribution in [0, 0.1) is 5.92 Å². The highest BCUT2D eigenvalue weighted by Crippen LogP contribution is 2.29. The van der Waals surface area contributed by atoms with Crippen molar-refractivity contribution in [1.29, 1.82) is 0 Å². The molecule has 2 saturated carbocycles. The maximum atomic E-state index is 9.56. The van der Waals surface area contributed by atoms with Gasteiger partial charge in [0.2, 0.25) is 0 Å². The highest BCUT2D eigenvalue weighted by molar-refractivity contribution is 4.83. The van der Waals surface area contributed by atoms with Crippen molar-refractivity contribution in [3.63, 3.8) is 0 Å². The molecule has 0 bridgehead atoms. The van der Waals surface area contributed by atoms with E-state index in [0.29, 0.717) is 6.04 Å². The van der Waals surface area contributed by atoms with Gasteiger partial charge in [0.1, 0.15) is 0 Å². The van der Waals surface area contributed by atoms with Crippen LogP contribution in [0.1, 0.15) is 44.9 Å². The van der Waals surface area contributed by atoms with Crippen molar-refractivity contribution >= 4 is 0 Å². The first-order valence-electron chi connectivity index (χ1n) is 5.78. The molecule has 2 aliphatic carbocycles. The number of hydrogen-bond acceptors (Lipinski definition) is 2. The SMILES string of the molecule is OC1CCCC1NCCC1CCC1. The van der Waals surface area contributed by atoms with Gasteiger partial charge in [0.25, 0.3) is 0 Å². The minimum atomic E-state index is -0.0682. The van der Waals surface area contributed by atoms with Crippen LogP contribution < -0.4 is 5.32 Å². The zero-order valence-electron chi connectivity index (χ0n) is 8.34. The zero-order chi connectivity index (χ0) is 9.10. The van der Waals surface area contributed by atoms with Gasteiger partial charge in [-0.2, -0.15) is 0 Å². The summed E-state index contributed by atoms with van der Waals surface area (Å²) in [6.45, 7) is 1.12. The van der Waals surface area contributed by atoms with Crippen LogP contribution in [-0.4, -0.2) is 23.8 Å². The predicted octanol–water partition coefficient (Wildman–Crippen LogP) is 1.68. The van der Waals surface area contributed by atoms with Gasteiger partial charge in [0.05, 0.1) is 6.10 Å². The van der Waals surface area contributed by atoms with Gasteiger partial charge in [-0.05, 0) is 38.1 Å². The van der Waals surface area contributed by atoms with Crippen molar-refractivity contribution in [2.45, 2.75) is 57.1 Å². The Morgan fingerprint density at radius 2 is 1.85 bits per heavy atom. The van der Waals surface area contributed by atoms with Gasteiger partial charge in [-0.25, -0.2) is 0 Å². The smallest absolute Gasteiger partial charge is 0.0693 e. The minimum Gasteiger partial charge on any atom is -0.392 e. The molecule has 0 aromatic rings. The Morgan fingerprint density at radius 1 is 1.08 bits per heavy atom. The van der Waals surface area contributed by atoms with E-state index in [9.17, 15) is 5.11 Å². The van der Waals surface area contributed by atoms with Crippen molar-refractivity contribution in [3.8, 4) is 0 Å². The van der Waals surface area contributed by atoms with E-state index in [2.05, 4.69) is 5.32 Å². The molecule has 2 heteroatoms. The molecule has 0 amide bonds. The van der Waals surface area contributed by atoms with E-state index in [1.54, 1.807) is 0 Å². The topological polar surface area (TPSA) is 32.3 Å².